The summed E-state index contributed by atoms with van der Waals surface area (Å²) >= 11 is 0. The molecule has 0 unspecified atom stereocenters. The number of anilines is 1. The Bertz CT molecular complexity index is 1040. The number of rotatable bonds is 7. The van der Waals surface area contributed by atoms with Crippen LogP contribution in [0.1, 0.15) is 28.4 Å². The molecule has 0 aliphatic carbocycles. The van der Waals surface area contributed by atoms with Crippen LogP contribution in [0.15, 0.2) is 84.6 Å². The van der Waals surface area contributed by atoms with Crippen LogP contribution >= 0.6 is 0 Å². The maximum atomic E-state index is 13.0. The van der Waals surface area contributed by atoms with Crippen LogP contribution in [0.5, 0.6) is 5.75 Å². The van der Waals surface area contributed by atoms with E-state index in [1.807, 2.05) is 68.4 Å². The highest BCUT2D eigenvalue weighted by Crippen LogP contribution is 2.17. The third-order valence-corrected chi connectivity index (χ3v) is 4.42. The monoisotopic (exact) mass is 400 g/mol. The predicted octanol–water partition coefficient (Wildman–Crippen LogP) is 4.80. The van der Waals surface area contributed by atoms with Gasteiger partial charge in [-0.15, -0.1) is 0 Å². The van der Waals surface area contributed by atoms with Crippen LogP contribution in [0.2, 0.25) is 0 Å². The van der Waals surface area contributed by atoms with Gasteiger partial charge in [0.05, 0.1) is 6.61 Å². The summed E-state index contributed by atoms with van der Waals surface area (Å²) in [4.78, 5) is 25.6. The maximum absolute atomic E-state index is 13.0. The zero-order valence-corrected chi connectivity index (χ0v) is 17.0. The van der Waals surface area contributed by atoms with E-state index >= 15 is 0 Å². The molecule has 3 aromatic rings. The predicted molar refractivity (Wildman–Crippen MR) is 119 cm³/mol. The van der Waals surface area contributed by atoms with Crippen molar-refractivity contribution < 1.29 is 14.3 Å². The number of nitrogens with one attached hydrogen (secondary N) is 2. The normalized spacial score (nSPS) is 10.9. The summed E-state index contributed by atoms with van der Waals surface area (Å²) < 4.78 is 5.46. The van der Waals surface area contributed by atoms with Gasteiger partial charge in [-0.05, 0) is 61.4 Å². The summed E-state index contributed by atoms with van der Waals surface area (Å²) in [7, 11) is 0. The summed E-state index contributed by atoms with van der Waals surface area (Å²) in [5.74, 6) is -0.0101. The van der Waals surface area contributed by atoms with E-state index in [-0.39, 0.29) is 11.6 Å². The number of benzene rings is 3. The van der Waals surface area contributed by atoms with Gasteiger partial charge in [-0.1, -0.05) is 48.5 Å². The van der Waals surface area contributed by atoms with Gasteiger partial charge >= 0.3 is 0 Å². The molecule has 0 saturated heterocycles. The minimum absolute atomic E-state index is 0.149. The largest absolute Gasteiger partial charge is 0.494 e. The van der Waals surface area contributed by atoms with Crippen molar-refractivity contribution in [3.05, 3.63) is 101 Å². The Balaban J connectivity index is 1.88. The summed E-state index contributed by atoms with van der Waals surface area (Å²) in [6, 6.07) is 23.6. The molecule has 30 heavy (non-hydrogen) atoms. The Hall–Kier alpha value is -3.86. The van der Waals surface area contributed by atoms with E-state index in [1.54, 1.807) is 30.3 Å². The van der Waals surface area contributed by atoms with Gasteiger partial charge in [-0.3, -0.25) is 9.59 Å². The summed E-state index contributed by atoms with van der Waals surface area (Å²) in [5, 5.41) is 5.61. The first-order valence-corrected chi connectivity index (χ1v) is 9.74. The van der Waals surface area contributed by atoms with Crippen molar-refractivity contribution in [1.82, 2.24) is 5.32 Å². The van der Waals surface area contributed by atoms with Crippen molar-refractivity contribution in [2.75, 3.05) is 11.9 Å². The van der Waals surface area contributed by atoms with Crippen molar-refractivity contribution in [3.63, 3.8) is 0 Å². The molecule has 0 fully saturated rings. The Morgan fingerprint density at radius 1 is 0.900 bits per heavy atom. The molecular formula is C25H24N2O3. The average Bonchev–Trinajstić information content (AvgIpc) is 2.77. The lowest BCUT2D eigenvalue weighted by Crippen LogP contribution is -2.30. The van der Waals surface area contributed by atoms with Crippen molar-refractivity contribution >= 4 is 23.6 Å². The van der Waals surface area contributed by atoms with Gasteiger partial charge in [0.2, 0.25) is 0 Å². The molecule has 0 saturated carbocycles. The molecule has 3 aromatic carbocycles. The molecule has 0 bridgehead atoms. The van der Waals surface area contributed by atoms with Crippen molar-refractivity contribution in [1.29, 1.82) is 0 Å². The molecule has 0 aliphatic heterocycles. The van der Waals surface area contributed by atoms with E-state index in [2.05, 4.69) is 10.6 Å². The van der Waals surface area contributed by atoms with E-state index < -0.39 is 5.91 Å². The number of hydrogen-bond acceptors (Lipinski definition) is 3. The number of amides is 2. The smallest absolute Gasteiger partial charge is 0.272 e. The summed E-state index contributed by atoms with van der Waals surface area (Å²) in [6.45, 7) is 4.40. The fourth-order valence-corrected chi connectivity index (χ4v) is 2.84. The maximum Gasteiger partial charge on any atom is 0.272 e. The van der Waals surface area contributed by atoms with E-state index in [1.165, 1.54) is 0 Å². The van der Waals surface area contributed by atoms with E-state index in [4.69, 9.17) is 4.74 Å². The van der Waals surface area contributed by atoms with Gasteiger partial charge < -0.3 is 15.4 Å². The van der Waals surface area contributed by atoms with Gasteiger partial charge in [-0.25, -0.2) is 0 Å². The van der Waals surface area contributed by atoms with E-state index in [0.29, 0.717) is 17.9 Å². The van der Waals surface area contributed by atoms with Gasteiger partial charge in [-0.2, -0.15) is 0 Å². The fraction of sp³-hybridized carbons (Fsp3) is 0.120. The molecule has 0 atom stereocenters. The molecular weight excluding hydrogens is 376 g/mol. The molecule has 2 amide bonds. The van der Waals surface area contributed by atoms with Gasteiger partial charge in [0.25, 0.3) is 11.8 Å². The van der Waals surface area contributed by atoms with Gasteiger partial charge in [0.15, 0.2) is 0 Å². The SMILES string of the molecule is CCOc1ccc(C=C(NC(=O)c2ccccc2)C(=O)Nc2ccccc2C)cc1. The number of hydrogen-bond donors (Lipinski definition) is 2. The minimum Gasteiger partial charge on any atom is -0.494 e. The second-order valence-electron chi connectivity index (χ2n) is 6.65. The highest BCUT2D eigenvalue weighted by Gasteiger charge is 2.15. The van der Waals surface area contributed by atoms with Crippen molar-refractivity contribution in [2.45, 2.75) is 13.8 Å². The molecule has 152 valence electrons. The second-order valence-corrected chi connectivity index (χ2v) is 6.65. The Labute approximate surface area is 176 Å². The first-order chi connectivity index (χ1) is 14.6. The summed E-state index contributed by atoms with van der Waals surface area (Å²) in [5.41, 5.74) is 3.01. The molecule has 0 radical (unpaired) electrons. The van der Waals surface area contributed by atoms with E-state index in [9.17, 15) is 9.59 Å². The lowest BCUT2D eigenvalue weighted by Gasteiger charge is -2.13. The zero-order valence-electron chi connectivity index (χ0n) is 17.0. The van der Waals surface area contributed by atoms with Crippen LogP contribution in [0.4, 0.5) is 5.69 Å². The zero-order chi connectivity index (χ0) is 21.3. The summed E-state index contributed by atoms with van der Waals surface area (Å²) in [6.07, 6.45) is 1.64. The number of ether oxygens (including phenoxy) is 1. The third kappa shape index (κ3) is 5.58. The number of para-hydroxylation sites is 1. The number of carbonyl (C=O) groups is 2. The third-order valence-electron chi connectivity index (χ3n) is 4.42. The van der Waals surface area contributed by atoms with Crippen LogP contribution < -0.4 is 15.4 Å². The molecule has 3 rings (SSSR count). The molecule has 0 heterocycles. The molecule has 5 heteroatoms. The highest BCUT2D eigenvalue weighted by atomic mass is 16.5. The quantitative estimate of drug-likeness (QED) is 0.560. The average molecular weight is 400 g/mol. The molecule has 2 N–H and O–H groups in total. The van der Waals surface area contributed by atoms with Crippen LogP contribution in [0, 0.1) is 6.92 Å². The lowest BCUT2D eigenvalue weighted by molar-refractivity contribution is -0.113. The van der Waals surface area contributed by atoms with E-state index in [0.717, 1.165) is 16.9 Å². The molecule has 0 aliphatic rings. The molecule has 5 nitrogen and oxygen atoms in total. The number of aryl methyl sites for hydroxylation is 1. The lowest BCUT2D eigenvalue weighted by atomic mass is 10.1. The first kappa shape index (κ1) is 20.9. The Morgan fingerprint density at radius 3 is 2.23 bits per heavy atom. The highest BCUT2D eigenvalue weighted by molar-refractivity contribution is 6.10. The Morgan fingerprint density at radius 2 is 1.57 bits per heavy atom. The van der Waals surface area contributed by atoms with Crippen molar-refractivity contribution in [2.24, 2.45) is 0 Å². The van der Waals surface area contributed by atoms with Gasteiger partial charge in [0.1, 0.15) is 11.4 Å². The molecule has 0 spiro atoms. The molecule has 0 aromatic heterocycles. The number of carbonyl (C=O) groups excluding carboxylic acids is 2. The van der Waals surface area contributed by atoms with Crippen molar-refractivity contribution in [3.8, 4) is 5.75 Å². The standard InChI is InChI=1S/C25H24N2O3/c1-3-30-21-15-13-19(14-16-21)17-23(27-24(28)20-10-5-4-6-11-20)25(29)26-22-12-8-7-9-18(22)2/h4-17H,3H2,1-2H3,(H,26,29)(H,27,28). The van der Waals surface area contributed by atoms with Crippen LogP contribution in [-0.2, 0) is 4.79 Å². The van der Waals surface area contributed by atoms with Crippen LogP contribution in [0.3, 0.4) is 0 Å². The van der Waals surface area contributed by atoms with Gasteiger partial charge in [0, 0.05) is 11.3 Å². The topological polar surface area (TPSA) is 67.4 Å². The first-order valence-electron chi connectivity index (χ1n) is 9.74. The fourth-order valence-electron chi connectivity index (χ4n) is 2.84. The van der Waals surface area contributed by atoms with Crippen LogP contribution in [0.25, 0.3) is 6.08 Å². The Kier molecular flexibility index (Phi) is 7.00. The minimum atomic E-state index is -0.400. The van der Waals surface area contributed by atoms with Crippen LogP contribution in [-0.4, -0.2) is 18.4 Å². The second kappa shape index (κ2) is 10.1.